The molecule has 0 radical (unpaired) electrons. The largest absolute Gasteiger partial charge is 0.446 e. The van der Waals surface area contributed by atoms with Gasteiger partial charge in [-0.1, -0.05) is 0 Å². The number of ketones is 1. The number of aryl methyl sites for hydroxylation is 1. The van der Waals surface area contributed by atoms with Crippen LogP contribution in [0.3, 0.4) is 0 Å². The van der Waals surface area contributed by atoms with Crippen LogP contribution < -0.4 is 0 Å². The molecule has 0 saturated heterocycles. The van der Waals surface area contributed by atoms with E-state index in [9.17, 15) is 4.79 Å². The Hall–Kier alpha value is -1.64. The number of hydrogen-bond donors (Lipinski definition) is 0. The smallest absolute Gasteiger partial charge is 0.226 e. The Morgan fingerprint density at radius 2 is 2.31 bits per heavy atom. The van der Waals surface area contributed by atoms with E-state index in [0.29, 0.717) is 11.3 Å². The molecule has 0 unspecified atom stereocenters. The van der Waals surface area contributed by atoms with Crippen LogP contribution in [-0.2, 0) is 0 Å². The Bertz CT molecular complexity index is 471. The van der Waals surface area contributed by atoms with E-state index >= 15 is 0 Å². The predicted molar refractivity (Wildman–Crippen MR) is 48.8 cm³/mol. The molecule has 0 amide bonds. The number of nitrogens with zero attached hydrogens (tertiary/aromatic N) is 1. The number of carbonyl (C=O) groups is 1. The van der Waals surface area contributed by atoms with Crippen molar-refractivity contribution in [2.75, 3.05) is 0 Å². The number of hydrogen-bond acceptors (Lipinski definition) is 3. The highest BCUT2D eigenvalue weighted by molar-refractivity contribution is 5.99. The summed E-state index contributed by atoms with van der Waals surface area (Å²) in [6.45, 7) is 3.44. The summed E-state index contributed by atoms with van der Waals surface area (Å²) in [6, 6.07) is 1.82. The van der Waals surface area contributed by atoms with Gasteiger partial charge in [-0.2, -0.15) is 0 Å². The van der Waals surface area contributed by atoms with Crippen molar-refractivity contribution in [2.24, 2.45) is 0 Å². The molecule has 3 nitrogen and oxygen atoms in total. The fraction of sp³-hybridized carbons (Fsp3) is 0.200. The Morgan fingerprint density at radius 1 is 1.54 bits per heavy atom. The van der Waals surface area contributed by atoms with Crippen LogP contribution in [0.15, 0.2) is 22.9 Å². The topological polar surface area (TPSA) is 43.1 Å². The van der Waals surface area contributed by atoms with Gasteiger partial charge in [0.2, 0.25) is 5.71 Å². The first-order valence-corrected chi connectivity index (χ1v) is 4.04. The highest BCUT2D eigenvalue weighted by atomic mass is 16.3. The molecular weight excluding hydrogens is 166 g/mol. The molecule has 0 fully saturated rings. The monoisotopic (exact) mass is 175 g/mol. The molecule has 2 rings (SSSR count). The molecule has 2 heterocycles. The number of carbonyl (C=O) groups excluding carboxylic acids is 1. The molecule has 0 spiro atoms. The summed E-state index contributed by atoms with van der Waals surface area (Å²) in [7, 11) is 0. The Kier molecular flexibility index (Phi) is 1.65. The summed E-state index contributed by atoms with van der Waals surface area (Å²) in [5, 5.41) is 0.910. The third kappa shape index (κ3) is 1.13. The normalized spacial score (nSPS) is 10.6. The summed E-state index contributed by atoms with van der Waals surface area (Å²) in [4.78, 5) is 15.2. The van der Waals surface area contributed by atoms with Crippen molar-refractivity contribution in [3.63, 3.8) is 0 Å². The molecular formula is C10H9NO2. The summed E-state index contributed by atoms with van der Waals surface area (Å²) in [5.41, 5.74) is 2.18. The summed E-state index contributed by atoms with van der Waals surface area (Å²) >= 11 is 0. The lowest BCUT2D eigenvalue weighted by atomic mass is 10.1. The minimum absolute atomic E-state index is 0.0353. The van der Waals surface area contributed by atoms with Crippen LogP contribution in [0.1, 0.15) is 22.8 Å². The maximum Gasteiger partial charge on any atom is 0.226 e. The summed E-state index contributed by atoms with van der Waals surface area (Å²) in [6.07, 6.45) is 3.14. The zero-order chi connectivity index (χ0) is 9.42. The van der Waals surface area contributed by atoms with Crippen LogP contribution in [0.2, 0.25) is 0 Å². The van der Waals surface area contributed by atoms with E-state index in [1.165, 1.54) is 6.92 Å². The van der Waals surface area contributed by atoms with Crippen molar-refractivity contribution in [3.8, 4) is 0 Å². The van der Waals surface area contributed by atoms with Crippen molar-refractivity contribution in [2.45, 2.75) is 13.8 Å². The zero-order valence-corrected chi connectivity index (χ0v) is 7.50. The lowest BCUT2D eigenvalue weighted by Crippen LogP contribution is -1.97. The summed E-state index contributed by atoms with van der Waals surface area (Å²) in [5.74, 6) is 0.0353. The van der Waals surface area contributed by atoms with Gasteiger partial charge in [-0.15, -0.1) is 0 Å². The van der Waals surface area contributed by atoms with Crippen molar-refractivity contribution in [3.05, 3.63) is 29.7 Å². The van der Waals surface area contributed by atoms with Crippen LogP contribution in [0.25, 0.3) is 11.1 Å². The number of furan rings is 1. The number of rotatable bonds is 1. The van der Waals surface area contributed by atoms with Gasteiger partial charge in [0.15, 0.2) is 5.78 Å². The molecule has 13 heavy (non-hydrogen) atoms. The quantitative estimate of drug-likeness (QED) is 0.625. The molecule has 0 aliphatic rings. The standard InChI is InChI=1S/C10H9NO2/c1-6-8-3-4-13-10(8)11-5-9(6)7(2)12/h3-5H,1-2H3. The van der Waals surface area contributed by atoms with Gasteiger partial charge in [0, 0.05) is 17.1 Å². The maximum absolute atomic E-state index is 11.2. The van der Waals surface area contributed by atoms with Gasteiger partial charge in [0.05, 0.1) is 6.26 Å². The molecule has 0 bridgehead atoms. The van der Waals surface area contributed by atoms with Gasteiger partial charge in [0.25, 0.3) is 0 Å². The average molecular weight is 175 g/mol. The van der Waals surface area contributed by atoms with Gasteiger partial charge in [-0.3, -0.25) is 4.79 Å². The second-order valence-corrected chi connectivity index (χ2v) is 2.99. The van der Waals surface area contributed by atoms with Crippen molar-refractivity contribution >= 4 is 16.9 Å². The number of pyridine rings is 1. The summed E-state index contributed by atoms with van der Waals surface area (Å²) < 4.78 is 5.11. The van der Waals surface area contributed by atoms with E-state index in [1.54, 1.807) is 12.5 Å². The van der Waals surface area contributed by atoms with Gasteiger partial charge in [0.1, 0.15) is 0 Å². The van der Waals surface area contributed by atoms with Gasteiger partial charge >= 0.3 is 0 Å². The van der Waals surface area contributed by atoms with Gasteiger partial charge < -0.3 is 4.42 Å². The molecule has 3 heteroatoms. The highest BCUT2D eigenvalue weighted by Gasteiger charge is 2.09. The SMILES string of the molecule is CC(=O)c1cnc2occc2c1C. The second kappa shape index (κ2) is 2.69. The Morgan fingerprint density at radius 3 is 3.00 bits per heavy atom. The maximum atomic E-state index is 11.2. The van der Waals surface area contributed by atoms with Crippen LogP contribution in [0, 0.1) is 6.92 Å². The first-order valence-electron chi connectivity index (χ1n) is 4.04. The number of fused-ring (bicyclic) bond motifs is 1. The molecule has 0 aliphatic carbocycles. The zero-order valence-electron chi connectivity index (χ0n) is 7.50. The van der Waals surface area contributed by atoms with E-state index in [1.807, 2.05) is 13.0 Å². The fourth-order valence-electron chi connectivity index (χ4n) is 1.41. The van der Waals surface area contributed by atoms with E-state index < -0.39 is 0 Å². The molecule has 2 aromatic rings. The molecule has 0 aromatic carbocycles. The van der Waals surface area contributed by atoms with Crippen LogP contribution in [0.5, 0.6) is 0 Å². The molecule has 0 aliphatic heterocycles. The van der Waals surface area contributed by atoms with Crippen molar-refractivity contribution in [1.29, 1.82) is 0 Å². The molecule has 2 aromatic heterocycles. The number of aromatic nitrogens is 1. The Labute approximate surface area is 75.4 Å². The minimum Gasteiger partial charge on any atom is -0.446 e. The van der Waals surface area contributed by atoms with E-state index in [2.05, 4.69) is 4.98 Å². The van der Waals surface area contributed by atoms with E-state index in [-0.39, 0.29) is 5.78 Å². The van der Waals surface area contributed by atoms with Crippen molar-refractivity contribution < 1.29 is 9.21 Å². The average Bonchev–Trinajstić information content (AvgIpc) is 2.52. The van der Waals surface area contributed by atoms with Crippen LogP contribution >= 0.6 is 0 Å². The first kappa shape index (κ1) is 7.98. The highest BCUT2D eigenvalue weighted by Crippen LogP contribution is 2.20. The number of Topliss-reactive ketones (excluding diaryl/α,β-unsaturated/α-hetero) is 1. The Balaban J connectivity index is 2.80. The van der Waals surface area contributed by atoms with Crippen LogP contribution in [0.4, 0.5) is 0 Å². The minimum atomic E-state index is 0.0353. The van der Waals surface area contributed by atoms with Crippen molar-refractivity contribution in [1.82, 2.24) is 4.98 Å². The lowest BCUT2D eigenvalue weighted by molar-refractivity contribution is 0.101. The first-order chi connectivity index (χ1) is 6.20. The van der Waals surface area contributed by atoms with E-state index in [4.69, 9.17) is 4.42 Å². The third-order valence-electron chi connectivity index (χ3n) is 2.14. The third-order valence-corrected chi connectivity index (χ3v) is 2.14. The van der Waals surface area contributed by atoms with Gasteiger partial charge in [-0.25, -0.2) is 4.98 Å². The fourth-order valence-corrected chi connectivity index (χ4v) is 1.41. The lowest BCUT2D eigenvalue weighted by Gasteiger charge is -2.00. The predicted octanol–water partition coefficient (Wildman–Crippen LogP) is 2.34. The second-order valence-electron chi connectivity index (χ2n) is 2.99. The molecule has 66 valence electrons. The molecule has 0 atom stereocenters. The molecule has 0 N–H and O–H groups in total. The van der Waals surface area contributed by atoms with Crippen LogP contribution in [-0.4, -0.2) is 10.8 Å². The van der Waals surface area contributed by atoms with Gasteiger partial charge in [-0.05, 0) is 25.5 Å². The molecule has 0 saturated carbocycles. The van der Waals surface area contributed by atoms with E-state index in [0.717, 1.165) is 10.9 Å².